The summed E-state index contributed by atoms with van der Waals surface area (Å²) in [6, 6.07) is 1.67. The molecule has 0 bridgehead atoms. The molecule has 0 aromatic carbocycles. The molecule has 0 unspecified atom stereocenters. The van der Waals surface area contributed by atoms with Gasteiger partial charge in [-0.3, -0.25) is 4.79 Å². The molecule has 3 heterocycles. The predicted octanol–water partition coefficient (Wildman–Crippen LogP) is 2.53. The first-order valence-electron chi connectivity index (χ1n) is 8.39. The Morgan fingerprint density at radius 2 is 2.00 bits per heavy atom. The second kappa shape index (κ2) is 6.68. The normalized spacial score (nSPS) is 19.2. The lowest BCUT2D eigenvalue weighted by molar-refractivity contribution is -0.118. The van der Waals surface area contributed by atoms with Crippen molar-refractivity contribution in [2.24, 2.45) is 0 Å². The van der Waals surface area contributed by atoms with E-state index in [2.05, 4.69) is 15.4 Å². The van der Waals surface area contributed by atoms with Gasteiger partial charge in [0, 0.05) is 25.2 Å². The van der Waals surface area contributed by atoms with Gasteiger partial charge in [-0.1, -0.05) is 17.7 Å². The Morgan fingerprint density at radius 3 is 2.62 bits per heavy atom. The molecule has 0 spiro atoms. The number of nitrogens with zero attached hydrogens (tertiary/aromatic N) is 3. The first kappa shape index (κ1) is 18.9. The maximum Gasteiger partial charge on any atom is 0.492 e. The van der Waals surface area contributed by atoms with E-state index in [4.69, 9.17) is 20.9 Å². The lowest BCUT2D eigenvalue weighted by atomic mass is 9.77. The first-order chi connectivity index (χ1) is 12.1. The topological polar surface area (TPSA) is 77.8 Å². The molecule has 0 aliphatic carbocycles. The van der Waals surface area contributed by atoms with Crippen LogP contribution in [0.2, 0.25) is 5.15 Å². The molecule has 1 fully saturated rings. The molecule has 9 heteroatoms. The fraction of sp³-hybridized carbons (Fsp3) is 0.471. The molecular formula is C17H22BClN4O3. The third kappa shape index (κ3) is 3.63. The van der Waals surface area contributed by atoms with Gasteiger partial charge in [0.15, 0.2) is 5.65 Å². The van der Waals surface area contributed by atoms with Gasteiger partial charge in [0.05, 0.1) is 17.4 Å². The van der Waals surface area contributed by atoms with E-state index in [1.54, 1.807) is 23.0 Å². The monoisotopic (exact) mass is 376 g/mol. The highest BCUT2D eigenvalue weighted by atomic mass is 35.5. The highest BCUT2D eigenvalue weighted by Crippen LogP contribution is 2.38. The van der Waals surface area contributed by atoms with E-state index in [0.29, 0.717) is 17.3 Å². The van der Waals surface area contributed by atoms with Crippen LogP contribution in [0.4, 0.5) is 0 Å². The molecule has 2 aromatic rings. The van der Waals surface area contributed by atoms with Crippen molar-refractivity contribution in [1.29, 1.82) is 0 Å². The Labute approximate surface area is 157 Å². The van der Waals surface area contributed by atoms with Gasteiger partial charge in [-0.25, -0.2) is 9.50 Å². The molecule has 0 saturated carbocycles. The maximum atomic E-state index is 11.4. The molecule has 1 amide bonds. The molecule has 7 nitrogen and oxygen atoms in total. The van der Waals surface area contributed by atoms with Crippen LogP contribution < -0.4 is 5.32 Å². The average Bonchev–Trinajstić information content (AvgIpc) is 3.01. The van der Waals surface area contributed by atoms with Crippen LogP contribution in [0.15, 0.2) is 23.9 Å². The van der Waals surface area contributed by atoms with Gasteiger partial charge in [-0.2, -0.15) is 5.10 Å². The van der Waals surface area contributed by atoms with Crippen molar-refractivity contribution >= 4 is 36.3 Å². The highest BCUT2D eigenvalue weighted by Gasteiger charge is 2.52. The Morgan fingerprint density at radius 1 is 1.35 bits per heavy atom. The minimum Gasteiger partial charge on any atom is -0.400 e. The molecule has 1 saturated heterocycles. The standard InChI is InChI=1S/C17H22BClN4O3/c1-11(24)20-10-13(18-25-16(2,3)17(4,5)26-18)8-12-9-21-23-7-6-14(19)22-15(12)23/h6-9H,10H2,1-5H3,(H,20,24). The van der Waals surface area contributed by atoms with Gasteiger partial charge in [0.1, 0.15) is 5.15 Å². The Balaban J connectivity index is 1.99. The molecule has 3 rings (SSSR count). The van der Waals surface area contributed by atoms with E-state index < -0.39 is 18.3 Å². The van der Waals surface area contributed by atoms with Crippen molar-refractivity contribution < 1.29 is 14.1 Å². The summed E-state index contributed by atoms with van der Waals surface area (Å²) in [7, 11) is -0.582. The van der Waals surface area contributed by atoms with E-state index in [1.165, 1.54) is 6.92 Å². The van der Waals surface area contributed by atoms with Gasteiger partial charge >= 0.3 is 7.12 Å². The smallest absolute Gasteiger partial charge is 0.400 e. The van der Waals surface area contributed by atoms with Crippen molar-refractivity contribution in [3.8, 4) is 0 Å². The van der Waals surface area contributed by atoms with E-state index in [1.807, 2.05) is 33.8 Å². The zero-order valence-electron chi connectivity index (χ0n) is 15.5. The van der Waals surface area contributed by atoms with Crippen LogP contribution in [0, 0.1) is 0 Å². The number of carbonyl (C=O) groups is 1. The van der Waals surface area contributed by atoms with Crippen LogP contribution in [0.5, 0.6) is 0 Å². The molecule has 1 aliphatic rings. The fourth-order valence-electron chi connectivity index (χ4n) is 2.59. The van der Waals surface area contributed by atoms with E-state index >= 15 is 0 Å². The van der Waals surface area contributed by atoms with Crippen LogP contribution in [0.1, 0.15) is 40.2 Å². The van der Waals surface area contributed by atoms with Crippen LogP contribution in [-0.4, -0.2) is 45.4 Å². The predicted molar refractivity (Wildman–Crippen MR) is 101 cm³/mol. The lowest BCUT2D eigenvalue weighted by Crippen LogP contribution is -2.41. The average molecular weight is 377 g/mol. The van der Waals surface area contributed by atoms with Crippen molar-refractivity contribution in [3.63, 3.8) is 0 Å². The number of rotatable bonds is 4. The molecular weight excluding hydrogens is 354 g/mol. The van der Waals surface area contributed by atoms with Crippen molar-refractivity contribution in [1.82, 2.24) is 19.9 Å². The van der Waals surface area contributed by atoms with Gasteiger partial charge in [-0.05, 0) is 39.2 Å². The zero-order valence-corrected chi connectivity index (χ0v) is 16.3. The number of hydrogen-bond acceptors (Lipinski definition) is 5. The van der Waals surface area contributed by atoms with Crippen LogP contribution >= 0.6 is 11.6 Å². The van der Waals surface area contributed by atoms with E-state index in [-0.39, 0.29) is 5.91 Å². The van der Waals surface area contributed by atoms with Crippen molar-refractivity contribution in [2.45, 2.75) is 45.8 Å². The first-order valence-corrected chi connectivity index (χ1v) is 8.77. The third-order valence-electron chi connectivity index (χ3n) is 4.80. The van der Waals surface area contributed by atoms with E-state index in [0.717, 1.165) is 11.0 Å². The summed E-state index contributed by atoms with van der Waals surface area (Å²) in [5, 5.41) is 7.46. The fourth-order valence-corrected chi connectivity index (χ4v) is 2.73. The van der Waals surface area contributed by atoms with Crippen molar-refractivity contribution in [2.75, 3.05) is 6.54 Å². The summed E-state index contributed by atoms with van der Waals surface area (Å²) in [4.78, 5) is 15.7. The number of fused-ring (bicyclic) bond motifs is 1. The minimum absolute atomic E-state index is 0.131. The summed E-state index contributed by atoms with van der Waals surface area (Å²) < 4.78 is 13.9. The molecule has 0 radical (unpaired) electrons. The van der Waals surface area contributed by atoms with Crippen molar-refractivity contribution in [3.05, 3.63) is 34.6 Å². The summed E-state index contributed by atoms with van der Waals surface area (Å²) in [6.45, 7) is 9.71. The second-order valence-corrected chi connectivity index (χ2v) is 7.72. The zero-order chi connectivity index (χ0) is 19.1. The Hall–Kier alpha value is -1.90. The molecule has 1 N–H and O–H groups in total. The number of amides is 1. The lowest BCUT2D eigenvalue weighted by Gasteiger charge is -2.32. The van der Waals surface area contributed by atoms with Crippen LogP contribution in [-0.2, 0) is 14.1 Å². The van der Waals surface area contributed by atoms with Crippen LogP contribution in [0.25, 0.3) is 11.7 Å². The maximum absolute atomic E-state index is 11.4. The molecule has 2 aromatic heterocycles. The molecule has 26 heavy (non-hydrogen) atoms. The number of nitrogens with one attached hydrogen (secondary N) is 1. The van der Waals surface area contributed by atoms with Gasteiger partial charge in [0.25, 0.3) is 0 Å². The molecule has 138 valence electrons. The second-order valence-electron chi connectivity index (χ2n) is 7.34. The summed E-state index contributed by atoms with van der Waals surface area (Å²) in [6.07, 6.45) is 5.31. The van der Waals surface area contributed by atoms with Crippen LogP contribution in [0.3, 0.4) is 0 Å². The largest absolute Gasteiger partial charge is 0.492 e. The number of halogens is 1. The summed E-state index contributed by atoms with van der Waals surface area (Å²) in [5.41, 5.74) is 1.21. The highest BCUT2D eigenvalue weighted by molar-refractivity contribution is 6.56. The van der Waals surface area contributed by atoms with Gasteiger partial charge in [-0.15, -0.1) is 0 Å². The Kier molecular flexibility index (Phi) is 4.85. The third-order valence-corrected chi connectivity index (χ3v) is 5.01. The number of hydrogen-bond donors (Lipinski definition) is 1. The SMILES string of the molecule is CC(=O)NCC(=Cc1cnn2ccc(Cl)nc12)B1OC(C)(C)C(C)(C)O1. The molecule has 1 aliphatic heterocycles. The number of carbonyl (C=O) groups excluding carboxylic acids is 1. The summed E-state index contributed by atoms with van der Waals surface area (Å²) >= 11 is 6.01. The quantitative estimate of drug-likeness (QED) is 0.655. The Bertz CT molecular complexity index is 862. The minimum atomic E-state index is -0.582. The number of aromatic nitrogens is 3. The molecule has 0 atom stereocenters. The van der Waals surface area contributed by atoms with E-state index in [9.17, 15) is 4.79 Å². The van der Waals surface area contributed by atoms with Gasteiger partial charge < -0.3 is 14.6 Å². The van der Waals surface area contributed by atoms with Gasteiger partial charge in [0.2, 0.25) is 5.91 Å². The summed E-state index contributed by atoms with van der Waals surface area (Å²) in [5.74, 6) is -0.131.